The largest absolute Gasteiger partial charge is 0.480 e. The molecule has 0 fully saturated rings. The van der Waals surface area contributed by atoms with Gasteiger partial charge in [-0.25, -0.2) is 28.8 Å². The topological polar surface area (TPSA) is 343 Å². The number of nitrogens with one attached hydrogen (secondary N) is 5. The van der Waals surface area contributed by atoms with E-state index in [-0.39, 0.29) is 38.6 Å². The lowest BCUT2D eigenvalue weighted by atomic mass is 10.0. The van der Waals surface area contributed by atoms with Crippen molar-refractivity contribution < 1.29 is 90.9 Å². The van der Waals surface area contributed by atoms with Crippen LogP contribution in [-0.2, 0) is 90.7 Å². The van der Waals surface area contributed by atoms with Crippen LogP contribution >= 0.6 is 0 Å². The van der Waals surface area contributed by atoms with Crippen molar-refractivity contribution in [2.45, 2.75) is 135 Å². The molecule has 0 spiro atoms. The zero-order valence-corrected chi connectivity index (χ0v) is 56.2. The lowest BCUT2D eigenvalue weighted by Crippen LogP contribution is -2.54. The molecule has 94 heavy (non-hydrogen) atoms. The molecule has 0 saturated heterocycles. The van der Waals surface area contributed by atoms with E-state index in [1.807, 2.05) is 115 Å². The average molecular weight is 1310 g/mol. The van der Waals surface area contributed by atoms with Gasteiger partial charge in [-0.15, -0.1) is 0 Å². The van der Waals surface area contributed by atoms with Crippen molar-refractivity contribution in [1.29, 1.82) is 0 Å². The third kappa shape index (κ3) is 29.5. The van der Waals surface area contributed by atoms with Gasteiger partial charge >= 0.3 is 42.2 Å². The first-order valence-electron chi connectivity index (χ1n) is 29.9. The molecule has 0 aliphatic rings. The second-order valence-electron chi connectivity index (χ2n) is 24.3. The number of carbonyl (C=O) groups excluding carboxylic acids is 8. The molecular formula is C69H92N6O19. The number of aliphatic carboxylic acids is 1. The van der Waals surface area contributed by atoms with E-state index in [2.05, 4.69) is 48.2 Å². The number of hydrogen-bond donors (Lipinski definition) is 7. The molecule has 5 amide bonds. The zero-order chi connectivity index (χ0) is 70.3. The molecule has 6 aromatic rings. The third-order valence-corrected chi connectivity index (χ3v) is 12.9. The molecule has 0 aromatic heterocycles. The fraction of sp³-hybridized carbons (Fsp3) is 0.435. The molecule has 0 aliphatic heterocycles. The van der Waals surface area contributed by atoms with E-state index in [0.29, 0.717) is 6.42 Å². The molecule has 0 radical (unpaired) electrons. The Balaban J connectivity index is 0.000000342. The fourth-order valence-electron chi connectivity index (χ4n) is 8.66. The van der Waals surface area contributed by atoms with Gasteiger partial charge in [0.05, 0.1) is 41.2 Å². The number of benzene rings is 6. The second-order valence-corrected chi connectivity index (χ2v) is 24.3. The Morgan fingerprint density at radius 1 is 0.372 bits per heavy atom. The van der Waals surface area contributed by atoms with Crippen LogP contribution in [0.25, 0.3) is 32.3 Å². The summed E-state index contributed by atoms with van der Waals surface area (Å²) in [4.78, 5) is 107. The van der Waals surface area contributed by atoms with Crippen molar-refractivity contribution in [2.24, 2.45) is 5.73 Å². The predicted molar refractivity (Wildman–Crippen MR) is 354 cm³/mol. The second kappa shape index (κ2) is 38.6. The van der Waals surface area contributed by atoms with Gasteiger partial charge in [0.15, 0.2) is 6.04 Å². The minimum Gasteiger partial charge on any atom is -0.480 e. The molecule has 6 aromatic carbocycles. The standard InChI is InChI=1S/2C23H30N2O6.C14H15NO2.C9H17NO5/c2*1-23(2,3)31-22(28)25-19(14-29-4)20(26)24-18(21(27)30-5)13-15-10-11-16-8-6-7-9-17(16)12-15;1-17-14(16)13(15)9-10-6-7-11-4-2-3-5-12(11)8-10;1-9(2,3)15-8(13)10-6(5-14-4)7(11)12/h2*6-12,18-19H,13-14H2,1-5H3,(H,24,26)(H,25,28);2-8,13H,9,15H2,1H3;6H,5H2,1-4H3,(H,10,13)(H,11,12)/t2*18-,19-;13-;6-/m0000/s1. The van der Waals surface area contributed by atoms with E-state index in [4.69, 9.17) is 44.0 Å². The van der Waals surface area contributed by atoms with Gasteiger partial charge in [-0.2, -0.15) is 0 Å². The Kier molecular flexibility index (Phi) is 32.3. The number of fused-ring (bicyclic) bond motifs is 3. The molecule has 25 nitrogen and oxygen atoms in total. The summed E-state index contributed by atoms with van der Waals surface area (Å²) in [5, 5.41) is 27.7. The molecule has 8 N–H and O–H groups in total. The Morgan fingerprint density at radius 3 is 0.926 bits per heavy atom. The van der Waals surface area contributed by atoms with Crippen LogP contribution in [0.3, 0.4) is 0 Å². The molecule has 0 heterocycles. The highest BCUT2D eigenvalue weighted by Crippen LogP contribution is 2.20. The molecule has 0 bridgehead atoms. The van der Waals surface area contributed by atoms with E-state index < -0.39 is 101 Å². The highest BCUT2D eigenvalue weighted by molar-refractivity contribution is 5.92. The monoisotopic (exact) mass is 1310 g/mol. The Hall–Kier alpha value is -9.43. The molecular weight excluding hydrogens is 1220 g/mol. The van der Waals surface area contributed by atoms with Gasteiger partial charge in [-0.05, 0) is 118 Å². The van der Waals surface area contributed by atoms with E-state index in [1.54, 1.807) is 62.3 Å². The maximum absolute atomic E-state index is 12.8. The molecule has 25 heteroatoms. The summed E-state index contributed by atoms with van der Waals surface area (Å²) in [5.74, 6) is -3.88. The fourth-order valence-corrected chi connectivity index (χ4v) is 8.66. The quantitative estimate of drug-likeness (QED) is 0.0239. The number of alkyl carbamates (subject to hydrolysis) is 3. The van der Waals surface area contributed by atoms with Crippen molar-refractivity contribution in [3.8, 4) is 0 Å². The van der Waals surface area contributed by atoms with Gasteiger partial charge < -0.3 is 80.1 Å². The average Bonchev–Trinajstić information content (AvgIpc) is 0.866. The Morgan fingerprint density at radius 2 is 0.649 bits per heavy atom. The predicted octanol–water partition coefficient (Wildman–Crippen LogP) is 7.65. The van der Waals surface area contributed by atoms with Crippen molar-refractivity contribution in [3.05, 3.63) is 144 Å². The van der Waals surface area contributed by atoms with Gasteiger partial charge in [0.2, 0.25) is 11.8 Å². The first kappa shape index (κ1) is 78.8. The Bertz CT molecular complexity index is 3320. The number of carboxylic acids is 1. The minimum atomic E-state index is -1.16. The number of methoxy groups -OCH3 is 6. The molecule has 512 valence electrons. The molecule has 6 rings (SSSR count). The van der Waals surface area contributed by atoms with E-state index >= 15 is 0 Å². The highest BCUT2D eigenvalue weighted by Gasteiger charge is 2.32. The van der Waals surface area contributed by atoms with Crippen LogP contribution in [0.1, 0.15) is 79.0 Å². The number of ether oxygens (including phenoxy) is 9. The lowest BCUT2D eigenvalue weighted by Gasteiger charge is -2.24. The summed E-state index contributed by atoms with van der Waals surface area (Å²) in [7, 11) is 8.03. The van der Waals surface area contributed by atoms with Crippen molar-refractivity contribution in [3.63, 3.8) is 0 Å². The maximum atomic E-state index is 12.8. The van der Waals surface area contributed by atoms with Gasteiger partial charge in [-0.1, -0.05) is 127 Å². The summed E-state index contributed by atoms with van der Waals surface area (Å²) >= 11 is 0. The van der Waals surface area contributed by atoms with Crippen molar-refractivity contribution in [2.75, 3.05) is 62.5 Å². The number of amides is 5. The SMILES string of the molecule is COC(=O)[C@@H](N)Cc1ccc2ccccc2c1.COC[C@H](NC(=O)OC(C)(C)C)C(=O)N[C@@H](Cc1ccc2ccccc2c1)C(=O)OC.COC[C@H](NC(=O)OC(C)(C)C)C(=O)N[C@@H](Cc1ccc2ccccc2c1)C(=O)OC.COC[C@H](NC(=O)OC(C)(C)C)C(=O)O. The van der Waals surface area contributed by atoms with Gasteiger partial charge in [0.25, 0.3) is 0 Å². The van der Waals surface area contributed by atoms with E-state index in [0.717, 1.165) is 43.6 Å². The maximum Gasteiger partial charge on any atom is 0.408 e. The number of hydrogen-bond acceptors (Lipinski definition) is 19. The number of nitrogens with two attached hydrogens (primary N) is 1. The van der Waals surface area contributed by atoms with Crippen LogP contribution in [0.15, 0.2) is 127 Å². The first-order valence-corrected chi connectivity index (χ1v) is 29.9. The van der Waals surface area contributed by atoms with E-state index in [1.165, 1.54) is 48.0 Å². The third-order valence-electron chi connectivity index (χ3n) is 12.9. The van der Waals surface area contributed by atoms with Gasteiger partial charge in [0.1, 0.15) is 47.0 Å². The zero-order valence-electron chi connectivity index (χ0n) is 56.2. The molecule has 0 aliphatic carbocycles. The number of rotatable bonds is 23. The van der Waals surface area contributed by atoms with Crippen molar-refractivity contribution in [1.82, 2.24) is 26.6 Å². The number of carboxylic acid groups (broad SMARTS) is 1. The number of carbonyl (C=O) groups is 9. The lowest BCUT2D eigenvalue weighted by molar-refractivity contribution is -0.145. The Labute approximate surface area is 548 Å². The van der Waals surface area contributed by atoms with Crippen LogP contribution in [0, 0.1) is 0 Å². The molecule has 0 saturated carbocycles. The van der Waals surface area contributed by atoms with Crippen molar-refractivity contribution >= 4 is 86.3 Å². The van der Waals surface area contributed by atoms with E-state index in [9.17, 15) is 43.2 Å². The first-order chi connectivity index (χ1) is 44.2. The smallest absolute Gasteiger partial charge is 0.408 e. The summed E-state index contributed by atoms with van der Waals surface area (Å²) < 4.78 is 44.4. The van der Waals surface area contributed by atoms with Crippen LogP contribution in [0.2, 0.25) is 0 Å². The van der Waals surface area contributed by atoms with Crippen LogP contribution in [0.5, 0.6) is 0 Å². The molecule has 0 unspecified atom stereocenters. The summed E-state index contributed by atoms with van der Waals surface area (Å²) in [6.45, 7) is 15.1. The summed E-state index contributed by atoms with van der Waals surface area (Å²) in [6.07, 6.45) is -1.32. The van der Waals surface area contributed by atoms with Gasteiger partial charge in [0, 0.05) is 34.2 Å². The van der Waals surface area contributed by atoms with Crippen LogP contribution in [0.4, 0.5) is 14.4 Å². The summed E-state index contributed by atoms with van der Waals surface area (Å²) in [6, 6.07) is 35.9. The summed E-state index contributed by atoms with van der Waals surface area (Å²) in [5.41, 5.74) is 6.40. The van der Waals surface area contributed by atoms with Gasteiger partial charge in [-0.3, -0.25) is 14.4 Å². The van der Waals surface area contributed by atoms with Crippen LogP contribution < -0.4 is 32.3 Å². The normalized spacial score (nSPS) is 13.0. The number of esters is 3. The molecule has 6 atom stereocenters. The highest BCUT2D eigenvalue weighted by atomic mass is 16.6. The minimum absolute atomic E-state index is 0.0883. The van der Waals surface area contributed by atoms with Crippen LogP contribution in [-0.4, -0.2) is 175 Å².